The number of aliphatic hydroxyl groups is 1. The van der Waals surface area contributed by atoms with Crippen LogP contribution in [-0.2, 0) is 15.4 Å². The van der Waals surface area contributed by atoms with E-state index in [1.54, 1.807) is 18.2 Å². The van der Waals surface area contributed by atoms with E-state index in [0.29, 0.717) is 34.6 Å². The first-order valence-electron chi connectivity index (χ1n) is 9.43. The van der Waals surface area contributed by atoms with Crippen LogP contribution in [0.25, 0.3) is 11.0 Å². The zero-order valence-corrected chi connectivity index (χ0v) is 16.5. The highest BCUT2D eigenvalue weighted by atomic mass is 32.2. The van der Waals surface area contributed by atoms with Crippen LogP contribution >= 0.6 is 0 Å². The fourth-order valence-corrected chi connectivity index (χ4v) is 4.84. The van der Waals surface area contributed by atoms with Crippen LogP contribution < -0.4 is 0 Å². The zero-order valence-electron chi connectivity index (χ0n) is 15.7. The first-order chi connectivity index (χ1) is 13.3. The molecule has 28 heavy (non-hydrogen) atoms. The third kappa shape index (κ3) is 3.56. The number of nitrogens with zero attached hydrogens (tertiary/aromatic N) is 1. The summed E-state index contributed by atoms with van der Waals surface area (Å²) in [5, 5.41) is 12.4. The number of fused-ring (bicyclic) bond motifs is 1. The molecule has 0 saturated heterocycles. The molecule has 1 atom stereocenters. The lowest BCUT2D eigenvalue weighted by molar-refractivity contribution is 0.0494. The van der Waals surface area contributed by atoms with Crippen LogP contribution in [0.1, 0.15) is 43.4 Å². The SMILES string of the molecule is CS(=O)(=O)c1ccc(C(O)(CC2CCCC2)c2cc3cc(F)cnc3[nH]2)cc1. The van der Waals surface area contributed by atoms with E-state index in [2.05, 4.69) is 9.97 Å². The molecule has 1 aliphatic rings. The van der Waals surface area contributed by atoms with E-state index in [-0.39, 0.29) is 4.90 Å². The van der Waals surface area contributed by atoms with E-state index >= 15 is 0 Å². The number of sulfone groups is 1. The molecule has 1 unspecified atom stereocenters. The average molecular weight is 402 g/mol. The van der Waals surface area contributed by atoms with E-state index in [4.69, 9.17) is 0 Å². The second-order valence-electron chi connectivity index (χ2n) is 7.79. The molecule has 0 amide bonds. The van der Waals surface area contributed by atoms with Crippen molar-refractivity contribution in [2.75, 3.05) is 6.26 Å². The van der Waals surface area contributed by atoms with Crippen molar-refractivity contribution in [2.45, 2.75) is 42.6 Å². The molecule has 2 heterocycles. The van der Waals surface area contributed by atoms with Crippen molar-refractivity contribution < 1.29 is 17.9 Å². The van der Waals surface area contributed by atoms with E-state index in [1.165, 1.54) is 18.2 Å². The molecule has 0 aliphatic heterocycles. The maximum absolute atomic E-state index is 13.6. The van der Waals surface area contributed by atoms with Crippen molar-refractivity contribution in [3.05, 3.63) is 59.7 Å². The summed E-state index contributed by atoms with van der Waals surface area (Å²) in [5.74, 6) is -0.0643. The fraction of sp³-hybridized carbons (Fsp3) is 0.381. The molecule has 148 valence electrons. The summed E-state index contributed by atoms with van der Waals surface area (Å²) in [4.78, 5) is 7.41. The van der Waals surface area contributed by atoms with Gasteiger partial charge in [0.05, 0.1) is 16.8 Å². The average Bonchev–Trinajstić information content (AvgIpc) is 3.30. The molecule has 2 N–H and O–H groups in total. The van der Waals surface area contributed by atoms with Gasteiger partial charge in [0.1, 0.15) is 17.1 Å². The number of hydrogen-bond acceptors (Lipinski definition) is 4. The predicted octanol–water partition coefficient (Wildman–Crippen LogP) is 3.92. The highest BCUT2D eigenvalue weighted by molar-refractivity contribution is 7.90. The Kier molecular flexibility index (Phi) is 4.75. The minimum Gasteiger partial charge on any atom is -0.379 e. The molecule has 1 saturated carbocycles. The number of aromatic amines is 1. The van der Waals surface area contributed by atoms with Gasteiger partial charge in [0.15, 0.2) is 9.84 Å². The Morgan fingerprint density at radius 1 is 1.21 bits per heavy atom. The van der Waals surface area contributed by atoms with E-state index in [0.717, 1.165) is 38.1 Å². The summed E-state index contributed by atoms with van der Waals surface area (Å²) < 4.78 is 37.1. The number of halogens is 1. The largest absolute Gasteiger partial charge is 0.379 e. The second kappa shape index (κ2) is 6.97. The standard InChI is InChI=1S/C21H23FN2O3S/c1-28(26,27)18-8-6-16(7-9-18)21(25,12-14-4-2-3-5-14)19-11-15-10-17(22)13-23-20(15)24-19/h6-11,13-14,25H,2-5,12H2,1H3,(H,23,24). The third-order valence-electron chi connectivity index (χ3n) is 5.70. The van der Waals surface area contributed by atoms with Gasteiger partial charge in [0, 0.05) is 11.6 Å². The van der Waals surface area contributed by atoms with E-state index < -0.39 is 21.3 Å². The van der Waals surface area contributed by atoms with Gasteiger partial charge in [0.2, 0.25) is 0 Å². The van der Waals surface area contributed by atoms with Gasteiger partial charge < -0.3 is 10.1 Å². The van der Waals surface area contributed by atoms with Crippen LogP contribution in [0.4, 0.5) is 4.39 Å². The van der Waals surface area contributed by atoms with Gasteiger partial charge in [-0.15, -0.1) is 0 Å². The number of aromatic nitrogens is 2. The summed E-state index contributed by atoms with van der Waals surface area (Å²) >= 11 is 0. The molecular formula is C21H23FN2O3S. The number of hydrogen-bond donors (Lipinski definition) is 2. The fourth-order valence-electron chi connectivity index (χ4n) is 4.20. The normalized spacial score (nSPS) is 17.8. The van der Waals surface area contributed by atoms with Gasteiger partial charge in [-0.3, -0.25) is 0 Å². The van der Waals surface area contributed by atoms with Crippen molar-refractivity contribution >= 4 is 20.9 Å². The second-order valence-corrected chi connectivity index (χ2v) is 9.80. The molecule has 2 aromatic heterocycles. The van der Waals surface area contributed by atoms with E-state index in [1.807, 2.05) is 0 Å². The Labute approximate surface area is 163 Å². The highest BCUT2D eigenvalue weighted by Crippen LogP contribution is 2.41. The molecule has 0 bridgehead atoms. The molecule has 3 aromatic rings. The summed E-state index contributed by atoms with van der Waals surface area (Å²) in [7, 11) is -3.32. The predicted molar refractivity (Wildman–Crippen MR) is 105 cm³/mol. The van der Waals surface area contributed by atoms with Crippen LogP contribution in [0.5, 0.6) is 0 Å². The van der Waals surface area contributed by atoms with Gasteiger partial charge in [-0.05, 0) is 42.2 Å². The van der Waals surface area contributed by atoms with Crippen LogP contribution in [0, 0.1) is 11.7 Å². The minimum absolute atomic E-state index is 0.208. The Morgan fingerprint density at radius 2 is 1.89 bits per heavy atom. The van der Waals surface area contributed by atoms with Crippen LogP contribution in [0.3, 0.4) is 0 Å². The quantitative estimate of drug-likeness (QED) is 0.678. The van der Waals surface area contributed by atoms with Crippen LogP contribution in [0.2, 0.25) is 0 Å². The first-order valence-corrected chi connectivity index (χ1v) is 11.3. The lowest BCUT2D eigenvalue weighted by atomic mass is 9.81. The minimum atomic E-state index is -3.32. The number of benzene rings is 1. The van der Waals surface area contributed by atoms with Crippen molar-refractivity contribution in [1.29, 1.82) is 0 Å². The lowest BCUT2D eigenvalue weighted by Crippen LogP contribution is -2.30. The lowest BCUT2D eigenvalue weighted by Gasteiger charge is -2.31. The van der Waals surface area contributed by atoms with Gasteiger partial charge in [-0.2, -0.15) is 0 Å². The Bertz CT molecular complexity index is 1100. The molecule has 1 aliphatic carbocycles. The first kappa shape index (κ1) is 19.1. The highest BCUT2D eigenvalue weighted by Gasteiger charge is 2.37. The summed E-state index contributed by atoms with van der Waals surface area (Å²) in [6.07, 6.45) is 7.21. The zero-order chi connectivity index (χ0) is 19.9. The summed E-state index contributed by atoms with van der Waals surface area (Å²) in [6.45, 7) is 0. The number of nitrogens with one attached hydrogen (secondary N) is 1. The summed E-state index contributed by atoms with van der Waals surface area (Å²) in [6, 6.07) is 9.46. The molecular weight excluding hydrogens is 379 g/mol. The van der Waals surface area contributed by atoms with Crippen molar-refractivity contribution in [2.24, 2.45) is 5.92 Å². The van der Waals surface area contributed by atoms with E-state index in [9.17, 15) is 17.9 Å². The van der Waals surface area contributed by atoms with Crippen LogP contribution in [-0.4, -0.2) is 29.7 Å². The van der Waals surface area contributed by atoms with Gasteiger partial charge in [0.25, 0.3) is 0 Å². The molecule has 1 fully saturated rings. The van der Waals surface area contributed by atoms with Gasteiger partial charge >= 0.3 is 0 Å². The molecule has 7 heteroatoms. The molecule has 0 spiro atoms. The Balaban J connectivity index is 1.80. The van der Waals surface area contributed by atoms with Gasteiger partial charge in [-0.25, -0.2) is 17.8 Å². The van der Waals surface area contributed by atoms with Crippen LogP contribution in [0.15, 0.2) is 47.5 Å². The monoisotopic (exact) mass is 402 g/mol. The molecule has 1 aromatic carbocycles. The van der Waals surface area contributed by atoms with Crippen molar-refractivity contribution in [1.82, 2.24) is 9.97 Å². The number of rotatable bonds is 5. The number of H-pyrrole nitrogens is 1. The van der Waals surface area contributed by atoms with Gasteiger partial charge in [-0.1, -0.05) is 37.8 Å². The molecule has 0 radical (unpaired) electrons. The third-order valence-corrected chi connectivity index (χ3v) is 6.83. The Morgan fingerprint density at radius 3 is 2.54 bits per heavy atom. The van der Waals surface area contributed by atoms with Crippen molar-refractivity contribution in [3.8, 4) is 0 Å². The smallest absolute Gasteiger partial charge is 0.175 e. The maximum Gasteiger partial charge on any atom is 0.175 e. The topological polar surface area (TPSA) is 83.1 Å². The number of pyridine rings is 1. The summed E-state index contributed by atoms with van der Waals surface area (Å²) in [5.41, 5.74) is 0.329. The Hall–Kier alpha value is -2.25. The molecule has 4 rings (SSSR count). The maximum atomic E-state index is 13.6. The molecule has 5 nitrogen and oxygen atoms in total. The van der Waals surface area contributed by atoms with Crippen molar-refractivity contribution in [3.63, 3.8) is 0 Å².